The molecule has 3 rings (SSSR count). The molecule has 1 aliphatic rings. The standard InChI is InChI=1S/C16H16ClN3O3S2/c1-18(9-12-4-5-13(17)25-12)10-20-15(22)14(21)19(16(20)23)7-6-11-3-2-8-24-11/h2-5,8H,6-7,9-10H2,1H3. The first-order chi connectivity index (χ1) is 12.0. The summed E-state index contributed by atoms with van der Waals surface area (Å²) in [6, 6.07) is 7.00. The summed E-state index contributed by atoms with van der Waals surface area (Å²) in [6.45, 7) is 0.816. The molecule has 132 valence electrons. The third kappa shape index (κ3) is 4.09. The Hall–Kier alpha value is -1.74. The summed E-state index contributed by atoms with van der Waals surface area (Å²) in [5, 5.41) is 1.94. The number of hydrogen-bond donors (Lipinski definition) is 0. The SMILES string of the molecule is CN(Cc1ccc(Cl)s1)CN1C(=O)C(=O)N(CCc2cccs2)C1=O. The van der Waals surface area contributed by atoms with Crippen molar-refractivity contribution in [3.63, 3.8) is 0 Å². The first kappa shape index (κ1) is 18.1. The van der Waals surface area contributed by atoms with Gasteiger partial charge in [-0.1, -0.05) is 17.7 Å². The van der Waals surface area contributed by atoms with E-state index in [0.29, 0.717) is 17.3 Å². The van der Waals surface area contributed by atoms with Gasteiger partial charge in [-0.2, -0.15) is 0 Å². The van der Waals surface area contributed by atoms with E-state index in [4.69, 9.17) is 11.6 Å². The Kier molecular flexibility index (Phi) is 5.53. The summed E-state index contributed by atoms with van der Waals surface area (Å²) in [4.78, 5) is 42.6. The lowest BCUT2D eigenvalue weighted by atomic mass is 10.3. The number of amides is 4. The fourth-order valence-electron chi connectivity index (χ4n) is 2.54. The molecule has 1 fully saturated rings. The van der Waals surface area contributed by atoms with E-state index in [1.807, 2.05) is 23.6 Å². The van der Waals surface area contributed by atoms with Gasteiger partial charge in [-0.05, 0) is 30.6 Å². The molecule has 0 unspecified atom stereocenters. The van der Waals surface area contributed by atoms with Gasteiger partial charge in [0, 0.05) is 29.3 Å². The third-order valence-electron chi connectivity index (χ3n) is 3.73. The monoisotopic (exact) mass is 397 g/mol. The van der Waals surface area contributed by atoms with Gasteiger partial charge in [0.25, 0.3) is 0 Å². The number of carbonyl (C=O) groups is 3. The molecule has 9 heteroatoms. The predicted octanol–water partition coefficient (Wildman–Crippen LogP) is 2.89. The quantitative estimate of drug-likeness (QED) is 0.532. The normalized spacial score (nSPS) is 15.1. The van der Waals surface area contributed by atoms with Crippen molar-refractivity contribution < 1.29 is 14.4 Å². The molecule has 0 radical (unpaired) electrons. The topological polar surface area (TPSA) is 60.9 Å². The van der Waals surface area contributed by atoms with Crippen molar-refractivity contribution in [2.75, 3.05) is 20.3 Å². The Morgan fingerprint density at radius 1 is 1.08 bits per heavy atom. The minimum Gasteiger partial charge on any atom is -0.283 e. The van der Waals surface area contributed by atoms with Gasteiger partial charge < -0.3 is 0 Å². The minimum absolute atomic E-state index is 0.0639. The van der Waals surface area contributed by atoms with Crippen LogP contribution in [0.1, 0.15) is 9.75 Å². The average Bonchev–Trinajstić information content (AvgIpc) is 3.26. The van der Waals surface area contributed by atoms with Gasteiger partial charge in [0.15, 0.2) is 0 Å². The number of urea groups is 1. The predicted molar refractivity (Wildman–Crippen MR) is 97.6 cm³/mol. The second-order valence-corrected chi connectivity index (χ2v) is 8.50. The zero-order valence-electron chi connectivity index (χ0n) is 13.5. The fraction of sp³-hybridized carbons (Fsp3) is 0.312. The van der Waals surface area contributed by atoms with E-state index in [-0.39, 0.29) is 13.2 Å². The molecule has 0 aliphatic carbocycles. The van der Waals surface area contributed by atoms with Crippen LogP contribution < -0.4 is 0 Å². The van der Waals surface area contributed by atoms with Gasteiger partial charge in [0.1, 0.15) is 0 Å². The van der Waals surface area contributed by atoms with Crippen molar-refractivity contribution >= 4 is 52.1 Å². The van der Waals surface area contributed by atoms with Gasteiger partial charge in [-0.25, -0.2) is 9.69 Å². The van der Waals surface area contributed by atoms with Crippen molar-refractivity contribution in [1.82, 2.24) is 14.7 Å². The summed E-state index contributed by atoms with van der Waals surface area (Å²) < 4.78 is 0.687. The van der Waals surface area contributed by atoms with E-state index in [1.54, 1.807) is 29.4 Å². The van der Waals surface area contributed by atoms with Crippen LogP contribution in [0.4, 0.5) is 4.79 Å². The van der Waals surface area contributed by atoms with Crippen LogP contribution >= 0.6 is 34.3 Å². The lowest BCUT2D eigenvalue weighted by molar-refractivity contribution is -0.143. The average molecular weight is 398 g/mol. The van der Waals surface area contributed by atoms with E-state index in [9.17, 15) is 14.4 Å². The van der Waals surface area contributed by atoms with Crippen LogP contribution in [0.5, 0.6) is 0 Å². The van der Waals surface area contributed by atoms with Crippen LogP contribution in [-0.2, 0) is 22.6 Å². The molecule has 0 bridgehead atoms. The third-order valence-corrected chi connectivity index (χ3v) is 5.89. The summed E-state index contributed by atoms with van der Waals surface area (Å²) in [7, 11) is 1.78. The smallest absolute Gasteiger partial charge is 0.283 e. The van der Waals surface area contributed by atoms with Crippen molar-refractivity contribution in [3.05, 3.63) is 43.7 Å². The number of carbonyl (C=O) groups excluding carboxylic acids is 3. The van der Waals surface area contributed by atoms with E-state index >= 15 is 0 Å². The van der Waals surface area contributed by atoms with Crippen LogP contribution in [0.25, 0.3) is 0 Å². The number of hydrogen-bond acceptors (Lipinski definition) is 6. The lowest BCUT2D eigenvalue weighted by Crippen LogP contribution is -2.40. The second kappa shape index (κ2) is 7.65. The van der Waals surface area contributed by atoms with Crippen LogP contribution in [0.2, 0.25) is 4.34 Å². The Balaban J connectivity index is 1.60. The Morgan fingerprint density at radius 3 is 2.48 bits per heavy atom. The fourth-order valence-corrected chi connectivity index (χ4v) is 4.41. The maximum Gasteiger partial charge on any atom is 0.335 e. The van der Waals surface area contributed by atoms with Gasteiger partial charge >= 0.3 is 17.8 Å². The highest BCUT2D eigenvalue weighted by molar-refractivity contribution is 7.16. The molecule has 0 aromatic carbocycles. The Morgan fingerprint density at radius 2 is 1.84 bits per heavy atom. The molecular weight excluding hydrogens is 382 g/mol. The summed E-state index contributed by atoms with van der Waals surface area (Å²) in [5.41, 5.74) is 0. The maximum absolute atomic E-state index is 12.4. The molecule has 2 aromatic heterocycles. The molecule has 0 spiro atoms. The van der Waals surface area contributed by atoms with Crippen molar-refractivity contribution in [2.45, 2.75) is 13.0 Å². The Bertz CT molecular complexity index is 790. The summed E-state index contributed by atoms with van der Waals surface area (Å²) in [6.07, 6.45) is 0.555. The molecule has 0 atom stereocenters. The van der Waals surface area contributed by atoms with E-state index in [1.165, 1.54) is 11.3 Å². The highest BCUT2D eigenvalue weighted by atomic mass is 35.5. The van der Waals surface area contributed by atoms with Crippen LogP contribution in [0, 0.1) is 0 Å². The van der Waals surface area contributed by atoms with E-state index in [0.717, 1.165) is 19.6 Å². The largest absolute Gasteiger partial charge is 0.335 e. The summed E-state index contributed by atoms with van der Waals surface area (Å²) >= 11 is 8.91. The minimum atomic E-state index is -0.771. The van der Waals surface area contributed by atoms with Gasteiger partial charge in [0.05, 0.1) is 11.0 Å². The van der Waals surface area contributed by atoms with Crippen molar-refractivity contribution in [3.8, 4) is 0 Å². The number of halogens is 1. The Labute approximate surface area is 158 Å². The molecule has 0 N–H and O–H groups in total. The molecule has 0 saturated carbocycles. The zero-order valence-corrected chi connectivity index (χ0v) is 15.9. The van der Waals surface area contributed by atoms with Crippen molar-refractivity contribution in [2.24, 2.45) is 0 Å². The molecule has 1 saturated heterocycles. The highest BCUT2D eigenvalue weighted by Gasteiger charge is 2.44. The molecule has 1 aliphatic heterocycles. The molecule has 3 heterocycles. The molecular formula is C16H16ClN3O3S2. The lowest BCUT2D eigenvalue weighted by Gasteiger charge is -2.21. The van der Waals surface area contributed by atoms with Gasteiger partial charge in [-0.15, -0.1) is 22.7 Å². The maximum atomic E-state index is 12.4. The van der Waals surface area contributed by atoms with Crippen LogP contribution in [-0.4, -0.2) is 52.8 Å². The number of thiophene rings is 2. The van der Waals surface area contributed by atoms with Crippen molar-refractivity contribution in [1.29, 1.82) is 0 Å². The number of rotatable bonds is 7. The van der Waals surface area contributed by atoms with E-state index in [2.05, 4.69) is 0 Å². The number of nitrogens with zero attached hydrogens (tertiary/aromatic N) is 3. The molecule has 4 amide bonds. The second-order valence-electron chi connectivity index (χ2n) is 5.66. The van der Waals surface area contributed by atoms with Gasteiger partial charge in [-0.3, -0.25) is 19.4 Å². The van der Waals surface area contributed by atoms with Crippen LogP contribution in [0.15, 0.2) is 29.6 Å². The highest BCUT2D eigenvalue weighted by Crippen LogP contribution is 2.23. The van der Waals surface area contributed by atoms with Gasteiger partial charge in [0.2, 0.25) is 0 Å². The first-order valence-electron chi connectivity index (χ1n) is 7.58. The summed E-state index contributed by atoms with van der Waals surface area (Å²) in [5.74, 6) is -1.53. The molecule has 6 nitrogen and oxygen atoms in total. The van der Waals surface area contributed by atoms with E-state index < -0.39 is 17.8 Å². The zero-order chi connectivity index (χ0) is 18.0. The molecule has 25 heavy (non-hydrogen) atoms. The first-order valence-corrected chi connectivity index (χ1v) is 9.65. The number of imide groups is 2. The molecule has 2 aromatic rings. The van der Waals surface area contributed by atoms with Crippen LogP contribution in [0.3, 0.4) is 0 Å².